The van der Waals surface area contributed by atoms with Crippen LogP contribution in [0.3, 0.4) is 0 Å². The smallest absolute Gasteiger partial charge is 0.0638 e. The van der Waals surface area contributed by atoms with Crippen molar-refractivity contribution in [1.82, 2.24) is 0 Å². The van der Waals surface area contributed by atoms with E-state index in [1.165, 1.54) is 32.7 Å². The Morgan fingerprint density at radius 3 is 1.78 bits per heavy atom. The zero-order valence-corrected chi connectivity index (χ0v) is 18.7. The third-order valence-electron chi connectivity index (χ3n) is 6.87. The molecule has 0 atom stereocenters. The highest BCUT2D eigenvalue weighted by Gasteiger charge is 2.41. The van der Waals surface area contributed by atoms with Crippen LogP contribution >= 0.6 is 23.2 Å². The van der Waals surface area contributed by atoms with Gasteiger partial charge in [-0.15, -0.1) is 0 Å². The first kappa shape index (κ1) is 19.5. The SMILES string of the molecule is Nc1ccc(C2(c3ccc(N)c(Cl)c3)Cc3cccc4ccc5cccc2c5c34)cc1Cl. The van der Waals surface area contributed by atoms with Gasteiger partial charge in [-0.1, -0.05) is 83.9 Å². The first-order chi connectivity index (χ1) is 15.5. The number of anilines is 2. The Kier molecular flexibility index (Phi) is 4.20. The van der Waals surface area contributed by atoms with Gasteiger partial charge in [0.1, 0.15) is 0 Å². The van der Waals surface area contributed by atoms with Gasteiger partial charge in [-0.3, -0.25) is 0 Å². The number of hydrogen-bond acceptors (Lipinski definition) is 2. The van der Waals surface area contributed by atoms with Crippen molar-refractivity contribution in [3.8, 4) is 0 Å². The summed E-state index contributed by atoms with van der Waals surface area (Å²) in [7, 11) is 0. The lowest BCUT2D eigenvalue weighted by molar-refractivity contribution is 0.616. The van der Waals surface area contributed by atoms with Gasteiger partial charge in [0.2, 0.25) is 0 Å². The van der Waals surface area contributed by atoms with Crippen LogP contribution in [0.2, 0.25) is 10.0 Å². The van der Waals surface area contributed by atoms with Crippen LogP contribution in [0.1, 0.15) is 22.3 Å². The third kappa shape index (κ3) is 2.60. The fraction of sp³-hybridized carbons (Fsp3) is 0.0714. The van der Waals surface area contributed by atoms with Crippen molar-refractivity contribution in [1.29, 1.82) is 0 Å². The first-order valence-corrected chi connectivity index (χ1v) is 11.3. The van der Waals surface area contributed by atoms with Crippen LogP contribution in [-0.4, -0.2) is 0 Å². The average molecular weight is 455 g/mol. The molecule has 0 fully saturated rings. The van der Waals surface area contributed by atoms with Crippen molar-refractivity contribution in [3.05, 3.63) is 117 Å². The van der Waals surface area contributed by atoms with Gasteiger partial charge in [0.05, 0.1) is 21.4 Å². The minimum Gasteiger partial charge on any atom is -0.398 e. The molecular weight excluding hydrogens is 435 g/mol. The molecule has 0 heterocycles. The lowest BCUT2D eigenvalue weighted by atomic mass is 9.62. The Bertz CT molecular complexity index is 1500. The van der Waals surface area contributed by atoms with Crippen LogP contribution in [0.4, 0.5) is 11.4 Å². The molecule has 1 aliphatic rings. The van der Waals surface area contributed by atoms with E-state index in [4.69, 9.17) is 34.7 Å². The number of benzene rings is 5. The molecule has 0 saturated heterocycles. The van der Waals surface area contributed by atoms with E-state index in [-0.39, 0.29) is 0 Å². The van der Waals surface area contributed by atoms with Crippen molar-refractivity contribution >= 4 is 56.1 Å². The van der Waals surface area contributed by atoms with E-state index in [9.17, 15) is 0 Å². The molecule has 2 nitrogen and oxygen atoms in total. The minimum absolute atomic E-state index is 0.489. The van der Waals surface area contributed by atoms with Crippen LogP contribution in [-0.2, 0) is 11.8 Å². The summed E-state index contributed by atoms with van der Waals surface area (Å²) in [6, 6.07) is 29.4. The van der Waals surface area contributed by atoms with Gasteiger partial charge < -0.3 is 11.5 Å². The van der Waals surface area contributed by atoms with E-state index >= 15 is 0 Å². The Morgan fingerprint density at radius 1 is 0.625 bits per heavy atom. The molecule has 0 amide bonds. The van der Waals surface area contributed by atoms with Gasteiger partial charge in [-0.25, -0.2) is 0 Å². The summed E-state index contributed by atoms with van der Waals surface area (Å²) in [5.74, 6) is 0. The van der Waals surface area contributed by atoms with E-state index in [2.05, 4.69) is 60.7 Å². The summed E-state index contributed by atoms with van der Waals surface area (Å²) >= 11 is 13.1. The van der Waals surface area contributed by atoms with Crippen LogP contribution in [0.5, 0.6) is 0 Å². The Labute approximate surface area is 196 Å². The molecule has 4 N–H and O–H groups in total. The van der Waals surface area contributed by atoms with Crippen molar-refractivity contribution in [3.63, 3.8) is 0 Å². The van der Waals surface area contributed by atoms with Crippen molar-refractivity contribution < 1.29 is 0 Å². The number of hydrogen-bond donors (Lipinski definition) is 2. The summed E-state index contributed by atoms with van der Waals surface area (Å²) in [4.78, 5) is 0. The molecule has 0 bridgehead atoms. The highest BCUT2D eigenvalue weighted by atomic mass is 35.5. The second kappa shape index (κ2) is 6.90. The highest BCUT2D eigenvalue weighted by Crippen LogP contribution is 2.51. The third-order valence-corrected chi connectivity index (χ3v) is 7.53. The Hall–Kier alpha value is -3.20. The van der Waals surface area contributed by atoms with Crippen molar-refractivity contribution in [2.75, 3.05) is 11.5 Å². The number of nitrogen functional groups attached to an aromatic ring is 2. The van der Waals surface area contributed by atoms with Crippen LogP contribution in [0.25, 0.3) is 21.5 Å². The Morgan fingerprint density at radius 2 is 1.19 bits per heavy atom. The standard InChI is InChI=1S/C28H20Cl2N2/c29-22-13-19(9-11-24(22)31)28(20-10-12-25(32)23(30)14-20)15-18-5-1-3-16-7-8-17-4-2-6-21(28)27(17)26(16)18/h1-14H,15,31-32H2. The topological polar surface area (TPSA) is 52.0 Å². The number of rotatable bonds is 2. The van der Waals surface area contributed by atoms with E-state index < -0.39 is 5.41 Å². The van der Waals surface area contributed by atoms with Crippen molar-refractivity contribution in [2.45, 2.75) is 11.8 Å². The normalized spacial score (nSPS) is 14.3. The maximum Gasteiger partial charge on any atom is 0.0638 e. The fourth-order valence-corrected chi connectivity index (χ4v) is 5.74. The molecule has 5 aromatic rings. The molecule has 0 aromatic heterocycles. The molecule has 5 aromatic carbocycles. The van der Waals surface area contributed by atoms with Crippen LogP contribution in [0, 0.1) is 0 Å². The zero-order valence-electron chi connectivity index (χ0n) is 17.2. The van der Waals surface area contributed by atoms with Gasteiger partial charge in [-0.2, -0.15) is 0 Å². The lowest BCUT2D eigenvalue weighted by Gasteiger charge is -2.40. The van der Waals surface area contributed by atoms with Gasteiger partial charge in [0.25, 0.3) is 0 Å². The quantitative estimate of drug-likeness (QED) is 0.216. The molecule has 0 radical (unpaired) electrons. The predicted molar refractivity (Wildman–Crippen MR) is 137 cm³/mol. The second-order valence-electron chi connectivity index (χ2n) is 8.54. The maximum atomic E-state index is 6.55. The van der Waals surface area contributed by atoms with Gasteiger partial charge in [0.15, 0.2) is 0 Å². The molecule has 1 aliphatic carbocycles. The van der Waals surface area contributed by atoms with Gasteiger partial charge >= 0.3 is 0 Å². The summed E-state index contributed by atoms with van der Waals surface area (Å²) in [5, 5.41) is 6.16. The lowest BCUT2D eigenvalue weighted by Crippen LogP contribution is -2.34. The molecule has 0 saturated carbocycles. The van der Waals surface area contributed by atoms with Gasteiger partial charge in [0, 0.05) is 5.41 Å². The number of nitrogens with two attached hydrogens (primary N) is 2. The zero-order chi connectivity index (χ0) is 22.0. The van der Waals surface area contributed by atoms with Crippen LogP contribution < -0.4 is 11.5 Å². The van der Waals surface area contributed by atoms with E-state index in [0.717, 1.165) is 17.5 Å². The molecule has 0 spiro atoms. The molecule has 0 unspecified atom stereocenters. The van der Waals surface area contributed by atoms with E-state index in [1.54, 1.807) is 0 Å². The summed E-state index contributed by atoms with van der Waals surface area (Å²) in [6.45, 7) is 0. The van der Waals surface area contributed by atoms with Crippen LogP contribution in [0.15, 0.2) is 84.9 Å². The van der Waals surface area contributed by atoms with Crippen molar-refractivity contribution in [2.24, 2.45) is 0 Å². The summed E-state index contributed by atoms with van der Waals surface area (Å²) in [5.41, 5.74) is 17.5. The fourth-order valence-electron chi connectivity index (χ4n) is 5.38. The number of halogens is 2. The average Bonchev–Trinajstić information content (AvgIpc) is 2.81. The molecule has 156 valence electrons. The maximum absolute atomic E-state index is 6.55. The molecular formula is C28H20Cl2N2. The van der Waals surface area contributed by atoms with E-state index in [0.29, 0.717) is 21.4 Å². The van der Waals surface area contributed by atoms with E-state index in [1.807, 2.05) is 24.3 Å². The summed E-state index contributed by atoms with van der Waals surface area (Å²) in [6.07, 6.45) is 0.779. The highest BCUT2D eigenvalue weighted by molar-refractivity contribution is 6.33. The Balaban J connectivity index is 1.81. The van der Waals surface area contributed by atoms with Gasteiger partial charge in [-0.05, 0) is 74.5 Å². The monoisotopic (exact) mass is 454 g/mol. The molecule has 6 rings (SSSR count). The molecule has 32 heavy (non-hydrogen) atoms. The predicted octanol–water partition coefficient (Wildman–Crippen LogP) is 7.35. The minimum atomic E-state index is -0.489. The molecule has 0 aliphatic heterocycles. The second-order valence-corrected chi connectivity index (χ2v) is 9.35. The largest absolute Gasteiger partial charge is 0.398 e. The molecule has 4 heteroatoms. The first-order valence-electron chi connectivity index (χ1n) is 10.5. The summed E-state index contributed by atoms with van der Waals surface area (Å²) < 4.78 is 0.